The number of H-pyrrole nitrogens is 1. The number of nitrogens with zero attached hydrogens (tertiary/aromatic N) is 1. The van der Waals surface area contributed by atoms with Gasteiger partial charge in [-0.1, -0.05) is 31.2 Å². The number of rotatable bonds is 4. The zero-order valence-electron chi connectivity index (χ0n) is 18.2. The van der Waals surface area contributed by atoms with Crippen molar-refractivity contribution >= 4 is 45.0 Å². The van der Waals surface area contributed by atoms with Gasteiger partial charge in [-0.2, -0.15) is 0 Å². The Morgan fingerprint density at radius 3 is 2.85 bits per heavy atom. The normalized spacial score (nSPS) is 17.3. The molecule has 2 aliphatic rings. The van der Waals surface area contributed by atoms with Crippen molar-refractivity contribution in [2.75, 3.05) is 23.6 Å². The van der Waals surface area contributed by atoms with Gasteiger partial charge in [-0.25, -0.2) is 0 Å². The number of nitrogens with one attached hydrogen (secondary N) is 2. The summed E-state index contributed by atoms with van der Waals surface area (Å²) in [6.45, 7) is 2.65. The summed E-state index contributed by atoms with van der Waals surface area (Å²) in [5.74, 6) is 0.626. The first kappa shape index (κ1) is 19.7. The highest BCUT2D eigenvalue weighted by molar-refractivity contribution is 6.10. The van der Waals surface area contributed by atoms with Crippen LogP contribution in [0, 0.1) is 5.92 Å². The molecule has 0 saturated carbocycles. The molecule has 1 fully saturated rings. The number of hydrogen-bond acceptors (Lipinski definition) is 4. The summed E-state index contributed by atoms with van der Waals surface area (Å²) in [7, 11) is 0. The Kier molecular flexibility index (Phi) is 4.50. The number of carbonyl (C=O) groups excluding carboxylic acids is 2. The van der Waals surface area contributed by atoms with Crippen molar-refractivity contribution in [3.63, 3.8) is 0 Å². The fourth-order valence-corrected chi connectivity index (χ4v) is 4.79. The molecule has 0 radical (unpaired) electrons. The molecule has 0 aliphatic carbocycles. The third-order valence-electron chi connectivity index (χ3n) is 6.53. The molecule has 2 aliphatic heterocycles. The molecule has 7 nitrogen and oxygen atoms in total. The van der Waals surface area contributed by atoms with Crippen LogP contribution in [0.3, 0.4) is 0 Å². The fraction of sp³-hybridized carbons (Fsp3) is 0.231. The van der Waals surface area contributed by atoms with Crippen molar-refractivity contribution in [1.82, 2.24) is 4.98 Å². The predicted molar refractivity (Wildman–Crippen MR) is 127 cm³/mol. The first-order chi connectivity index (χ1) is 16.1. The van der Waals surface area contributed by atoms with E-state index in [-0.39, 0.29) is 25.0 Å². The van der Waals surface area contributed by atoms with Crippen molar-refractivity contribution in [2.24, 2.45) is 5.92 Å². The minimum Gasteiger partial charge on any atom is -0.454 e. The van der Waals surface area contributed by atoms with Crippen LogP contribution in [0.15, 0.2) is 54.6 Å². The van der Waals surface area contributed by atoms with Gasteiger partial charge in [0.2, 0.25) is 18.6 Å². The van der Waals surface area contributed by atoms with Gasteiger partial charge < -0.3 is 24.7 Å². The fourth-order valence-electron chi connectivity index (χ4n) is 4.79. The van der Waals surface area contributed by atoms with Gasteiger partial charge in [-0.05, 0) is 36.2 Å². The molecule has 6 rings (SSSR count). The number of ether oxygens (including phenoxy) is 2. The number of anilines is 2. The smallest absolute Gasteiger partial charge is 0.231 e. The topological polar surface area (TPSA) is 83.7 Å². The molecule has 1 atom stereocenters. The largest absolute Gasteiger partial charge is 0.454 e. The average molecular weight is 441 g/mol. The number of aromatic amines is 1. The second kappa shape index (κ2) is 7.55. The molecule has 7 heteroatoms. The molecule has 0 bridgehead atoms. The molecule has 166 valence electrons. The Hall–Kier alpha value is -4.00. The first-order valence-electron chi connectivity index (χ1n) is 11.1. The third kappa shape index (κ3) is 3.28. The van der Waals surface area contributed by atoms with E-state index >= 15 is 0 Å². The number of amides is 2. The molecular formula is C26H23N3O4. The van der Waals surface area contributed by atoms with E-state index < -0.39 is 5.92 Å². The number of para-hydroxylation sites is 1. The second-order valence-electron chi connectivity index (χ2n) is 8.51. The maximum atomic E-state index is 13.0. The highest BCUT2D eigenvalue weighted by Crippen LogP contribution is 2.37. The van der Waals surface area contributed by atoms with E-state index in [1.807, 2.05) is 24.3 Å². The summed E-state index contributed by atoms with van der Waals surface area (Å²) in [6.07, 6.45) is 1.12. The maximum absolute atomic E-state index is 13.0. The van der Waals surface area contributed by atoms with Crippen LogP contribution in [0.5, 0.6) is 11.5 Å². The molecular weight excluding hydrogens is 418 g/mol. The number of carbonyl (C=O) groups is 2. The number of aryl methyl sites for hydroxylation is 1. The summed E-state index contributed by atoms with van der Waals surface area (Å²) < 4.78 is 10.8. The molecule has 4 aromatic rings. The second-order valence-corrected chi connectivity index (χ2v) is 8.51. The molecule has 2 amide bonds. The van der Waals surface area contributed by atoms with Gasteiger partial charge in [-0.3, -0.25) is 9.59 Å². The number of benzene rings is 3. The third-order valence-corrected chi connectivity index (χ3v) is 6.53. The summed E-state index contributed by atoms with van der Waals surface area (Å²) in [5.41, 5.74) is 4.81. The van der Waals surface area contributed by atoms with Crippen LogP contribution in [-0.4, -0.2) is 30.1 Å². The van der Waals surface area contributed by atoms with Crippen LogP contribution in [-0.2, 0) is 16.0 Å². The van der Waals surface area contributed by atoms with E-state index in [1.54, 1.807) is 17.0 Å². The van der Waals surface area contributed by atoms with Crippen molar-refractivity contribution < 1.29 is 19.1 Å². The Morgan fingerprint density at radius 2 is 1.97 bits per heavy atom. The van der Waals surface area contributed by atoms with Gasteiger partial charge in [0.1, 0.15) is 0 Å². The number of hydrogen-bond donors (Lipinski definition) is 2. The predicted octanol–water partition coefficient (Wildman–Crippen LogP) is 4.60. The van der Waals surface area contributed by atoms with Gasteiger partial charge in [0, 0.05) is 52.2 Å². The van der Waals surface area contributed by atoms with Gasteiger partial charge in [0.05, 0.1) is 5.92 Å². The van der Waals surface area contributed by atoms with Crippen LogP contribution < -0.4 is 19.7 Å². The quantitative estimate of drug-likeness (QED) is 0.485. The van der Waals surface area contributed by atoms with E-state index in [4.69, 9.17) is 9.47 Å². The molecule has 3 heterocycles. The van der Waals surface area contributed by atoms with Gasteiger partial charge >= 0.3 is 0 Å². The zero-order chi connectivity index (χ0) is 22.5. The van der Waals surface area contributed by atoms with E-state index in [2.05, 4.69) is 35.4 Å². The number of fused-ring (bicyclic) bond motifs is 4. The number of aromatic nitrogens is 1. The standard InChI is InChI=1S/C26H23N3O4/c1-2-15-4-3-5-20-19-8-6-17(11-21(19)28-25(15)20)27-26(31)16-10-24(30)29(13-16)18-7-9-22-23(12-18)33-14-32-22/h3-9,11-12,16,28H,2,10,13-14H2,1H3,(H,27,31). The molecule has 2 N–H and O–H groups in total. The lowest BCUT2D eigenvalue weighted by atomic mass is 10.1. The lowest BCUT2D eigenvalue weighted by molar-refractivity contribution is -0.122. The molecule has 1 aromatic heterocycles. The van der Waals surface area contributed by atoms with Crippen LogP contribution in [0.1, 0.15) is 18.9 Å². The van der Waals surface area contributed by atoms with Gasteiger partial charge in [0.15, 0.2) is 11.5 Å². The van der Waals surface area contributed by atoms with Crippen molar-refractivity contribution in [1.29, 1.82) is 0 Å². The lowest BCUT2D eigenvalue weighted by Crippen LogP contribution is -2.28. The SMILES string of the molecule is CCc1cccc2c1[nH]c1cc(NC(=O)C3CC(=O)N(c4ccc5c(c4)OCO5)C3)ccc12. The molecule has 0 spiro atoms. The molecule has 3 aromatic carbocycles. The average Bonchev–Trinajstić information content (AvgIpc) is 3.54. The molecule has 1 unspecified atom stereocenters. The molecule has 1 saturated heterocycles. The minimum absolute atomic E-state index is 0.0767. The van der Waals surface area contributed by atoms with E-state index in [9.17, 15) is 9.59 Å². The van der Waals surface area contributed by atoms with Crippen LogP contribution in [0.4, 0.5) is 11.4 Å². The summed E-state index contributed by atoms with van der Waals surface area (Å²) in [4.78, 5) is 30.8. The van der Waals surface area contributed by atoms with E-state index in [1.165, 1.54) is 10.9 Å². The maximum Gasteiger partial charge on any atom is 0.231 e. The summed E-state index contributed by atoms with van der Waals surface area (Å²) >= 11 is 0. The summed E-state index contributed by atoms with van der Waals surface area (Å²) in [6, 6.07) is 17.6. The van der Waals surface area contributed by atoms with Crippen molar-refractivity contribution in [2.45, 2.75) is 19.8 Å². The first-order valence-corrected chi connectivity index (χ1v) is 11.1. The van der Waals surface area contributed by atoms with Crippen molar-refractivity contribution in [3.8, 4) is 11.5 Å². The van der Waals surface area contributed by atoms with Gasteiger partial charge in [-0.15, -0.1) is 0 Å². The monoisotopic (exact) mass is 441 g/mol. The Bertz CT molecular complexity index is 1420. The van der Waals surface area contributed by atoms with E-state index in [0.29, 0.717) is 29.4 Å². The van der Waals surface area contributed by atoms with E-state index in [0.717, 1.165) is 22.8 Å². The van der Waals surface area contributed by atoms with Crippen LogP contribution in [0.2, 0.25) is 0 Å². The summed E-state index contributed by atoms with van der Waals surface area (Å²) in [5, 5.41) is 5.31. The Morgan fingerprint density at radius 1 is 1.09 bits per heavy atom. The van der Waals surface area contributed by atoms with Gasteiger partial charge in [0.25, 0.3) is 0 Å². The van der Waals surface area contributed by atoms with Crippen LogP contribution >= 0.6 is 0 Å². The Balaban J connectivity index is 1.21. The zero-order valence-corrected chi connectivity index (χ0v) is 18.2. The Labute approximate surface area is 190 Å². The lowest BCUT2D eigenvalue weighted by Gasteiger charge is -2.17. The molecule has 33 heavy (non-hydrogen) atoms. The van der Waals surface area contributed by atoms with Crippen molar-refractivity contribution in [3.05, 3.63) is 60.2 Å². The minimum atomic E-state index is -0.423. The highest BCUT2D eigenvalue weighted by Gasteiger charge is 2.35. The van der Waals surface area contributed by atoms with Crippen LogP contribution in [0.25, 0.3) is 21.8 Å². The highest BCUT2D eigenvalue weighted by atomic mass is 16.7.